The second-order valence-corrected chi connectivity index (χ2v) is 7.54. The van der Waals surface area contributed by atoms with Crippen molar-refractivity contribution in [3.63, 3.8) is 0 Å². The molecule has 0 radical (unpaired) electrons. The number of nitrogens with zero attached hydrogens (tertiary/aromatic N) is 3. The van der Waals surface area contributed by atoms with Crippen molar-refractivity contribution in [3.05, 3.63) is 35.4 Å². The lowest BCUT2D eigenvalue weighted by Crippen LogP contribution is -2.38. The molecule has 0 aromatic heterocycles. The highest BCUT2D eigenvalue weighted by Gasteiger charge is 2.34. The Balaban J connectivity index is 0.00000341. The normalized spacial score (nSPS) is 15.9. The van der Waals surface area contributed by atoms with E-state index in [9.17, 15) is 14.4 Å². The molecule has 0 aliphatic carbocycles. The molecule has 1 aromatic rings. The molecule has 3 rings (SSSR count). The predicted molar refractivity (Wildman–Crippen MR) is 131 cm³/mol. The van der Waals surface area contributed by atoms with Crippen LogP contribution in [-0.2, 0) is 4.79 Å². The smallest absolute Gasteiger partial charge is 0.261 e. The first kappa shape index (κ1) is 25.1. The van der Waals surface area contributed by atoms with E-state index in [4.69, 9.17) is 0 Å². The van der Waals surface area contributed by atoms with Gasteiger partial charge in [0.25, 0.3) is 11.8 Å². The molecule has 31 heavy (non-hydrogen) atoms. The Morgan fingerprint density at radius 1 is 1.00 bits per heavy atom. The third kappa shape index (κ3) is 6.65. The summed E-state index contributed by atoms with van der Waals surface area (Å²) in [6.07, 6.45) is 4.04. The van der Waals surface area contributed by atoms with Gasteiger partial charge in [-0.15, -0.1) is 24.0 Å². The quantitative estimate of drug-likeness (QED) is 0.156. The van der Waals surface area contributed by atoms with Crippen LogP contribution in [0.5, 0.6) is 0 Å². The Morgan fingerprint density at radius 2 is 1.71 bits per heavy atom. The number of aliphatic imine (C=N–C) groups is 1. The summed E-state index contributed by atoms with van der Waals surface area (Å²) in [4.78, 5) is 44.2. The van der Waals surface area contributed by atoms with Gasteiger partial charge in [0.15, 0.2) is 5.96 Å². The number of rotatable bonds is 10. The van der Waals surface area contributed by atoms with E-state index in [1.165, 1.54) is 4.90 Å². The lowest BCUT2D eigenvalue weighted by molar-refractivity contribution is -0.127. The summed E-state index contributed by atoms with van der Waals surface area (Å²) >= 11 is 0. The van der Waals surface area contributed by atoms with Gasteiger partial charge in [-0.05, 0) is 44.7 Å². The number of benzene rings is 1. The molecule has 170 valence electrons. The van der Waals surface area contributed by atoms with Gasteiger partial charge < -0.3 is 15.5 Å². The van der Waals surface area contributed by atoms with E-state index in [0.717, 1.165) is 51.3 Å². The Hall–Kier alpha value is -2.17. The van der Waals surface area contributed by atoms with Gasteiger partial charge in [-0.25, -0.2) is 0 Å². The van der Waals surface area contributed by atoms with E-state index >= 15 is 0 Å². The molecular weight excluding hydrogens is 509 g/mol. The first-order valence-electron chi connectivity index (χ1n) is 10.9. The van der Waals surface area contributed by atoms with E-state index < -0.39 is 0 Å². The monoisotopic (exact) mass is 541 g/mol. The topological polar surface area (TPSA) is 94.1 Å². The lowest BCUT2D eigenvalue weighted by Gasteiger charge is -2.16. The summed E-state index contributed by atoms with van der Waals surface area (Å²) in [6.45, 7) is 6.21. The highest BCUT2D eigenvalue weighted by molar-refractivity contribution is 14.0. The number of imide groups is 1. The van der Waals surface area contributed by atoms with Crippen molar-refractivity contribution in [1.29, 1.82) is 0 Å². The number of hydrogen-bond donors (Lipinski definition) is 2. The molecule has 2 N–H and O–H groups in total. The van der Waals surface area contributed by atoms with Crippen molar-refractivity contribution in [2.24, 2.45) is 4.99 Å². The minimum absolute atomic E-state index is 0. The van der Waals surface area contributed by atoms with Crippen molar-refractivity contribution in [2.45, 2.75) is 39.0 Å². The number of hydrogen-bond acceptors (Lipinski definition) is 4. The molecule has 0 bridgehead atoms. The van der Waals surface area contributed by atoms with Crippen molar-refractivity contribution >= 4 is 47.7 Å². The molecule has 1 saturated heterocycles. The summed E-state index contributed by atoms with van der Waals surface area (Å²) in [5.41, 5.74) is 0.996. The van der Waals surface area contributed by atoms with E-state index in [0.29, 0.717) is 37.2 Å². The number of likely N-dealkylation sites (tertiary alicyclic amines) is 1. The van der Waals surface area contributed by atoms with Crippen LogP contribution in [0.3, 0.4) is 0 Å². The van der Waals surface area contributed by atoms with Crippen molar-refractivity contribution in [1.82, 2.24) is 20.4 Å². The van der Waals surface area contributed by atoms with Gasteiger partial charge >= 0.3 is 0 Å². The number of halogens is 1. The van der Waals surface area contributed by atoms with Crippen molar-refractivity contribution in [2.75, 3.05) is 39.3 Å². The van der Waals surface area contributed by atoms with Gasteiger partial charge in [0.2, 0.25) is 5.91 Å². The molecule has 0 saturated carbocycles. The standard InChI is InChI=1S/C22H31N5O3.HI/c1-2-23-22(25-13-8-15-26-14-7-11-19(26)28)24-12-5-6-16-27-20(29)17-9-3-4-10-18(17)21(27)30;/h3-4,9-10H,2,5-8,11-16H2,1H3,(H2,23,24,25);1H. The SMILES string of the molecule is CCNC(=NCCCN1CCCC1=O)NCCCCN1C(=O)c2ccccc2C1=O.I. The maximum absolute atomic E-state index is 12.4. The number of fused-ring (bicyclic) bond motifs is 1. The molecule has 8 nitrogen and oxygen atoms in total. The van der Waals surface area contributed by atoms with Crippen LogP contribution in [0.15, 0.2) is 29.3 Å². The second kappa shape index (κ2) is 12.6. The van der Waals surface area contributed by atoms with Gasteiger partial charge in [0.05, 0.1) is 11.1 Å². The first-order chi connectivity index (χ1) is 14.6. The zero-order chi connectivity index (χ0) is 21.3. The zero-order valence-corrected chi connectivity index (χ0v) is 20.4. The number of amides is 3. The maximum Gasteiger partial charge on any atom is 0.261 e. The highest BCUT2D eigenvalue weighted by atomic mass is 127. The Kier molecular flexibility index (Phi) is 10.2. The Morgan fingerprint density at radius 3 is 2.32 bits per heavy atom. The van der Waals surface area contributed by atoms with Crippen LogP contribution in [0, 0.1) is 0 Å². The van der Waals surface area contributed by atoms with Gasteiger partial charge in [0, 0.05) is 45.7 Å². The van der Waals surface area contributed by atoms with Crippen LogP contribution in [0.2, 0.25) is 0 Å². The maximum atomic E-state index is 12.4. The molecule has 0 unspecified atom stereocenters. The highest BCUT2D eigenvalue weighted by Crippen LogP contribution is 2.22. The molecule has 0 spiro atoms. The molecular formula is C22H32IN5O3. The number of carbonyl (C=O) groups excluding carboxylic acids is 3. The zero-order valence-electron chi connectivity index (χ0n) is 18.1. The van der Waals surface area contributed by atoms with Gasteiger partial charge in [-0.3, -0.25) is 24.3 Å². The minimum Gasteiger partial charge on any atom is -0.357 e. The number of unbranched alkanes of at least 4 members (excludes halogenated alkanes) is 1. The summed E-state index contributed by atoms with van der Waals surface area (Å²) in [6, 6.07) is 6.97. The first-order valence-corrected chi connectivity index (χ1v) is 10.9. The van der Waals surface area contributed by atoms with Crippen LogP contribution in [0.25, 0.3) is 0 Å². The third-order valence-corrected chi connectivity index (χ3v) is 5.35. The Bertz CT molecular complexity index is 779. The van der Waals surface area contributed by atoms with E-state index in [-0.39, 0.29) is 41.7 Å². The molecule has 2 aliphatic heterocycles. The van der Waals surface area contributed by atoms with Crippen molar-refractivity contribution < 1.29 is 14.4 Å². The van der Waals surface area contributed by atoms with E-state index in [1.54, 1.807) is 24.3 Å². The second-order valence-electron chi connectivity index (χ2n) is 7.54. The van der Waals surface area contributed by atoms with Crippen LogP contribution in [-0.4, -0.2) is 72.7 Å². The van der Waals surface area contributed by atoms with E-state index in [2.05, 4.69) is 15.6 Å². The third-order valence-electron chi connectivity index (χ3n) is 5.35. The molecule has 2 heterocycles. The molecule has 1 aromatic carbocycles. The summed E-state index contributed by atoms with van der Waals surface area (Å²) in [5, 5.41) is 6.51. The fourth-order valence-electron chi connectivity index (χ4n) is 3.78. The van der Waals surface area contributed by atoms with Crippen LogP contribution in [0.4, 0.5) is 0 Å². The summed E-state index contributed by atoms with van der Waals surface area (Å²) < 4.78 is 0. The van der Waals surface area contributed by atoms with E-state index in [1.807, 2.05) is 11.8 Å². The number of nitrogens with one attached hydrogen (secondary N) is 2. The van der Waals surface area contributed by atoms with Crippen molar-refractivity contribution in [3.8, 4) is 0 Å². The predicted octanol–water partition coefficient (Wildman–Crippen LogP) is 2.25. The Labute approximate surface area is 200 Å². The minimum atomic E-state index is -0.199. The largest absolute Gasteiger partial charge is 0.357 e. The molecule has 2 aliphatic rings. The fraction of sp³-hybridized carbons (Fsp3) is 0.545. The van der Waals surface area contributed by atoms with Gasteiger partial charge in [-0.1, -0.05) is 12.1 Å². The molecule has 9 heteroatoms. The van der Waals surface area contributed by atoms with Gasteiger partial charge in [0.1, 0.15) is 0 Å². The average Bonchev–Trinajstić information content (AvgIpc) is 3.26. The van der Waals surface area contributed by atoms with Gasteiger partial charge in [-0.2, -0.15) is 0 Å². The van der Waals surface area contributed by atoms with Crippen LogP contribution < -0.4 is 10.6 Å². The molecule has 1 fully saturated rings. The average molecular weight is 541 g/mol. The molecule has 3 amide bonds. The van der Waals surface area contributed by atoms with Crippen LogP contribution in [0.1, 0.15) is 59.7 Å². The summed E-state index contributed by atoms with van der Waals surface area (Å²) in [7, 11) is 0. The fourth-order valence-corrected chi connectivity index (χ4v) is 3.78. The lowest BCUT2D eigenvalue weighted by atomic mass is 10.1. The number of guanidine groups is 1. The molecule has 0 atom stereocenters. The van der Waals surface area contributed by atoms with Crippen LogP contribution >= 0.6 is 24.0 Å². The number of carbonyl (C=O) groups is 3. The summed E-state index contributed by atoms with van der Waals surface area (Å²) in [5.74, 6) is 0.609.